The van der Waals surface area contributed by atoms with Crippen LogP contribution in [0.4, 0.5) is 5.69 Å². The van der Waals surface area contributed by atoms with E-state index in [0.717, 1.165) is 0 Å². The Bertz CT molecular complexity index is 801. The van der Waals surface area contributed by atoms with Crippen LogP contribution in [0.1, 0.15) is 10.4 Å². The van der Waals surface area contributed by atoms with Crippen LogP contribution in [0.15, 0.2) is 67.0 Å². The largest absolute Gasteiger partial charge is 0.492 e. The molecule has 1 aromatic heterocycles. The number of carbonyl (C=O) groups is 1. The van der Waals surface area contributed by atoms with Gasteiger partial charge >= 0.3 is 0 Å². The summed E-state index contributed by atoms with van der Waals surface area (Å²) >= 11 is 5.83. The molecule has 0 bridgehead atoms. The maximum absolute atomic E-state index is 12.2. The highest BCUT2D eigenvalue weighted by molar-refractivity contribution is 6.30. The topological polar surface area (TPSA) is 56.1 Å². The van der Waals surface area contributed by atoms with Gasteiger partial charge in [-0.15, -0.1) is 0 Å². The standard InChI is InChI=1S/C18H16ClN3O2/c19-15-7-5-14(6-8-15)18(23)21-16-3-1-4-17(13-16)24-12-11-22-10-2-9-20-22/h1-10,13H,11-12H2,(H,21,23). The molecular weight excluding hydrogens is 326 g/mol. The molecule has 0 fully saturated rings. The number of halogens is 1. The molecule has 0 saturated heterocycles. The van der Waals surface area contributed by atoms with Crippen molar-refractivity contribution in [3.05, 3.63) is 77.6 Å². The first-order valence-electron chi connectivity index (χ1n) is 7.48. The number of anilines is 1. The first kappa shape index (κ1) is 16.1. The Balaban J connectivity index is 1.58. The third-order valence-corrected chi connectivity index (χ3v) is 3.60. The zero-order valence-corrected chi connectivity index (χ0v) is 13.6. The van der Waals surface area contributed by atoms with Crippen LogP contribution in [0, 0.1) is 0 Å². The molecule has 0 aliphatic heterocycles. The number of ether oxygens (including phenoxy) is 1. The minimum Gasteiger partial charge on any atom is -0.492 e. The lowest BCUT2D eigenvalue weighted by atomic mass is 10.2. The van der Waals surface area contributed by atoms with Gasteiger partial charge in [-0.25, -0.2) is 0 Å². The third-order valence-electron chi connectivity index (χ3n) is 3.35. The van der Waals surface area contributed by atoms with Crippen molar-refractivity contribution in [1.82, 2.24) is 9.78 Å². The van der Waals surface area contributed by atoms with E-state index < -0.39 is 0 Å². The molecule has 0 radical (unpaired) electrons. The second-order valence-corrected chi connectivity index (χ2v) is 5.54. The van der Waals surface area contributed by atoms with Crippen molar-refractivity contribution in [1.29, 1.82) is 0 Å². The summed E-state index contributed by atoms with van der Waals surface area (Å²) in [6, 6.07) is 15.9. The number of nitrogens with zero attached hydrogens (tertiary/aromatic N) is 2. The molecule has 0 aliphatic rings. The van der Waals surface area contributed by atoms with Gasteiger partial charge in [0.15, 0.2) is 0 Å². The summed E-state index contributed by atoms with van der Waals surface area (Å²) in [6.07, 6.45) is 3.61. The summed E-state index contributed by atoms with van der Waals surface area (Å²) in [5.41, 5.74) is 1.22. The summed E-state index contributed by atoms with van der Waals surface area (Å²) in [6.45, 7) is 1.16. The van der Waals surface area contributed by atoms with E-state index in [-0.39, 0.29) is 5.91 Å². The number of hydrogen-bond donors (Lipinski definition) is 1. The molecule has 6 heteroatoms. The molecule has 0 aliphatic carbocycles. The van der Waals surface area contributed by atoms with E-state index in [1.807, 2.05) is 30.5 Å². The van der Waals surface area contributed by atoms with Crippen LogP contribution in [0.2, 0.25) is 5.02 Å². The molecule has 2 aromatic carbocycles. The first-order chi connectivity index (χ1) is 11.7. The smallest absolute Gasteiger partial charge is 0.255 e. The Labute approximate surface area is 144 Å². The van der Waals surface area contributed by atoms with Crippen LogP contribution < -0.4 is 10.1 Å². The fourth-order valence-corrected chi connectivity index (χ4v) is 2.28. The van der Waals surface area contributed by atoms with Crippen molar-refractivity contribution in [2.45, 2.75) is 6.54 Å². The van der Waals surface area contributed by atoms with E-state index in [9.17, 15) is 4.79 Å². The van der Waals surface area contributed by atoms with Gasteiger partial charge in [-0.05, 0) is 42.5 Å². The van der Waals surface area contributed by atoms with Gasteiger partial charge in [-0.2, -0.15) is 5.10 Å². The number of hydrogen-bond acceptors (Lipinski definition) is 3. The Morgan fingerprint density at radius 2 is 2.00 bits per heavy atom. The van der Waals surface area contributed by atoms with Crippen LogP contribution in [-0.2, 0) is 6.54 Å². The molecular formula is C18H16ClN3O2. The van der Waals surface area contributed by atoms with Gasteiger partial charge in [0, 0.05) is 34.7 Å². The number of carbonyl (C=O) groups excluding carboxylic acids is 1. The molecule has 1 amide bonds. The average molecular weight is 342 g/mol. The molecule has 0 atom stereocenters. The second-order valence-electron chi connectivity index (χ2n) is 5.11. The second kappa shape index (κ2) is 7.66. The van der Waals surface area contributed by atoms with E-state index >= 15 is 0 Å². The Hall–Kier alpha value is -2.79. The zero-order chi connectivity index (χ0) is 16.8. The third kappa shape index (κ3) is 4.36. The molecule has 3 rings (SSSR count). The molecule has 1 N–H and O–H groups in total. The summed E-state index contributed by atoms with van der Waals surface area (Å²) < 4.78 is 7.49. The lowest BCUT2D eigenvalue weighted by Crippen LogP contribution is -2.12. The van der Waals surface area contributed by atoms with Gasteiger partial charge in [0.25, 0.3) is 5.91 Å². The Kier molecular flexibility index (Phi) is 5.13. The summed E-state index contributed by atoms with van der Waals surface area (Å²) in [4.78, 5) is 12.2. The van der Waals surface area contributed by atoms with Crippen molar-refractivity contribution in [3.8, 4) is 5.75 Å². The predicted molar refractivity (Wildman–Crippen MR) is 93.6 cm³/mol. The van der Waals surface area contributed by atoms with Crippen LogP contribution >= 0.6 is 11.6 Å². The minimum atomic E-state index is -0.194. The minimum absolute atomic E-state index is 0.194. The van der Waals surface area contributed by atoms with Gasteiger partial charge in [0.05, 0.1) is 6.54 Å². The maximum atomic E-state index is 12.2. The van der Waals surface area contributed by atoms with Gasteiger partial charge in [0.2, 0.25) is 0 Å². The highest BCUT2D eigenvalue weighted by atomic mass is 35.5. The number of benzene rings is 2. The maximum Gasteiger partial charge on any atom is 0.255 e. The number of nitrogens with one attached hydrogen (secondary N) is 1. The molecule has 0 spiro atoms. The molecule has 122 valence electrons. The Morgan fingerprint density at radius 3 is 2.75 bits per heavy atom. The van der Waals surface area contributed by atoms with Crippen molar-refractivity contribution in [2.24, 2.45) is 0 Å². The van der Waals surface area contributed by atoms with Gasteiger partial charge in [-0.3, -0.25) is 9.48 Å². The molecule has 24 heavy (non-hydrogen) atoms. The highest BCUT2D eigenvalue weighted by Crippen LogP contribution is 2.18. The van der Waals surface area contributed by atoms with E-state index in [0.29, 0.717) is 35.2 Å². The van der Waals surface area contributed by atoms with Crippen LogP contribution in [0.3, 0.4) is 0 Å². The number of aromatic nitrogens is 2. The highest BCUT2D eigenvalue weighted by Gasteiger charge is 2.06. The van der Waals surface area contributed by atoms with E-state index in [1.165, 1.54) is 0 Å². The first-order valence-corrected chi connectivity index (χ1v) is 7.86. The average Bonchev–Trinajstić information content (AvgIpc) is 3.09. The zero-order valence-electron chi connectivity index (χ0n) is 12.9. The molecule has 0 saturated carbocycles. The summed E-state index contributed by atoms with van der Waals surface area (Å²) in [7, 11) is 0. The van der Waals surface area contributed by atoms with Gasteiger partial charge in [0.1, 0.15) is 12.4 Å². The van der Waals surface area contributed by atoms with Crippen molar-refractivity contribution < 1.29 is 9.53 Å². The summed E-state index contributed by atoms with van der Waals surface area (Å²) in [5, 5.41) is 7.55. The number of amides is 1. The van der Waals surface area contributed by atoms with Crippen molar-refractivity contribution in [3.63, 3.8) is 0 Å². The molecule has 5 nitrogen and oxygen atoms in total. The fourth-order valence-electron chi connectivity index (χ4n) is 2.16. The van der Waals surface area contributed by atoms with Gasteiger partial charge in [-0.1, -0.05) is 17.7 Å². The van der Waals surface area contributed by atoms with Crippen LogP contribution in [-0.4, -0.2) is 22.3 Å². The normalized spacial score (nSPS) is 10.4. The molecule has 1 heterocycles. The van der Waals surface area contributed by atoms with E-state index in [2.05, 4.69) is 10.4 Å². The van der Waals surface area contributed by atoms with Crippen LogP contribution in [0.25, 0.3) is 0 Å². The predicted octanol–water partition coefficient (Wildman–Crippen LogP) is 3.87. The van der Waals surface area contributed by atoms with E-state index in [4.69, 9.17) is 16.3 Å². The van der Waals surface area contributed by atoms with Crippen molar-refractivity contribution in [2.75, 3.05) is 11.9 Å². The SMILES string of the molecule is O=C(Nc1cccc(OCCn2cccn2)c1)c1ccc(Cl)cc1. The fraction of sp³-hybridized carbons (Fsp3) is 0.111. The quantitative estimate of drug-likeness (QED) is 0.740. The number of rotatable bonds is 6. The van der Waals surface area contributed by atoms with Crippen LogP contribution in [0.5, 0.6) is 5.75 Å². The molecule has 0 unspecified atom stereocenters. The lowest BCUT2D eigenvalue weighted by Gasteiger charge is -2.09. The molecule has 3 aromatic rings. The van der Waals surface area contributed by atoms with Crippen molar-refractivity contribution >= 4 is 23.2 Å². The monoisotopic (exact) mass is 341 g/mol. The van der Waals surface area contributed by atoms with E-state index in [1.54, 1.807) is 41.2 Å². The summed E-state index contributed by atoms with van der Waals surface area (Å²) in [5.74, 6) is 0.497. The Morgan fingerprint density at radius 1 is 1.17 bits per heavy atom. The van der Waals surface area contributed by atoms with Gasteiger partial charge < -0.3 is 10.1 Å². The lowest BCUT2D eigenvalue weighted by molar-refractivity contribution is 0.102.